The molecule has 0 aliphatic rings. The summed E-state index contributed by atoms with van der Waals surface area (Å²) in [4.78, 5) is 5.88. The van der Waals surface area contributed by atoms with Gasteiger partial charge in [0.05, 0.1) is 0 Å². The largest absolute Gasteiger partial charge is 0.353 e. The molecule has 0 radical (unpaired) electrons. The lowest BCUT2D eigenvalue weighted by atomic mass is 10.9. The number of hydrogen-bond donors (Lipinski definition) is 0. The van der Waals surface area contributed by atoms with E-state index in [0.717, 1.165) is 5.13 Å². The molecule has 44 valence electrons. The molecule has 0 amide bonds. The topological polar surface area (TPSA) is 29.0 Å². The Labute approximate surface area is 52.1 Å². The molecule has 1 aromatic rings. The van der Waals surface area contributed by atoms with Crippen LogP contribution in [0.15, 0.2) is 6.33 Å². The van der Waals surface area contributed by atoms with Crippen molar-refractivity contribution in [3.8, 4) is 0 Å². The van der Waals surface area contributed by atoms with Gasteiger partial charge < -0.3 is 4.90 Å². The average Bonchev–Trinajstić information content (AvgIpc) is 2.12. The molecule has 0 atom stereocenters. The van der Waals surface area contributed by atoms with Crippen molar-refractivity contribution in [1.29, 1.82) is 0 Å². The van der Waals surface area contributed by atoms with Gasteiger partial charge in [0.1, 0.15) is 6.33 Å². The molecule has 0 aliphatic heterocycles. The molecule has 0 fully saturated rings. The summed E-state index contributed by atoms with van der Waals surface area (Å²) < 4.78 is 3.83. The molecule has 1 aromatic heterocycles. The van der Waals surface area contributed by atoms with E-state index in [9.17, 15) is 0 Å². The summed E-state index contributed by atoms with van der Waals surface area (Å²) in [6.45, 7) is 0. The number of hydrogen-bond acceptors (Lipinski definition) is 4. The summed E-state index contributed by atoms with van der Waals surface area (Å²) in [7, 11) is 3.89. The summed E-state index contributed by atoms with van der Waals surface area (Å²) >= 11 is 1.40. The second-order valence-corrected chi connectivity index (χ2v) is 2.38. The van der Waals surface area contributed by atoms with Crippen molar-refractivity contribution in [2.24, 2.45) is 0 Å². The van der Waals surface area contributed by atoms with Gasteiger partial charge in [-0.15, -0.1) is 0 Å². The Morgan fingerprint density at radius 3 is 2.62 bits per heavy atom. The van der Waals surface area contributed by atoms with E-state index in [0.29, 0.717) is 0 Å². The highest BCUT2D eigenvalue weighted by molar-refractivity contribution is 7.09. The Balaban J connectivity index is 2.77. The summed E-state index contributed by atoms with van der Waals surface area (Å²) in [5, 5.41) is 0.949. The zero-order valence-corrected chi connectivity index (χ0v) is 5.64. The highest BCUT2D eigenvalue weighted by Crippen LogP contribution is 2.08. The fourth-order valence-electron chi connectivity index (χ4n) is 0.364. The third-order valence-corrected chi connectivity index (χ3v) is 1.57. The maximum absolute atomic E-state index is 3.95. The molecule has 1 rings (SSSR count). The van der Waals surface area contributed by atoms with Crippen molar-refractivity contribution in [1.82, 2.24) is 9.36 Å². The fourth-order valence-corrected chi connectivity index (χ4v) is 0.811. The van der Waals surface area contributed by atoms with Gasteiger partial charge in [0, 0.05) is 25.6 Å². The van der Waals surface area contributed by atoms with Crippen LogP contribution >= 0.6 is 11.5 Å². The van der Waals surface area contributed by atoms with Crippen LogP contribution < -0.4 is 4.90 Å². The molecule has 1 heterocycles. The van der Waals surface area contributed by atoms with E-state index in [-0.39, 0.29) is 0 Å². The summed E-state index contributed by atoms with van der Waals surface area (Å²) in [6.07, 6.45) is 1.56. The first kappa shape index (κ1) is 5.50. The quantitative estimate of drug-likeness (QED) is 0.556. The third-order valence-electron chi connectivity index (χ3n) is 0.732. The second-order valence-electron chi connectivity index (χ2n) is 1.62. The van der Waals surface area contributed by atoms with E-state index in [1.165, 1.54) is 11.5 Å². The Bertz CT molecular complexity index is 146. The third kappa shape index (κ3) is 0.949. The molecule has 0 saturated heterocycles. The molecule has 0 saturated carbocycles. The minimum Gasteiger partial charge on any atom is -0.353 e. The number of anilines is 1. The Morgan fingerprint density at radius 2 is 2.38 bits per heavy atom. The molecule has 0 bridgehead atoms. The van der Waals surface area contributed by atoms with E-state index in [2.05, 4.69) is 9.36 Å². The molecule has 0 unspecified atom stereocenters. The first-order chi connectivity index (χ1) is 3.80. The minimum absolute atomic E-state index is 0.949. The van der Waals surface area contributed by atoms with Gasteiger partial charge in [0.15, 0.2) is 0 Å². The first-order valence-corrected chi connectivity index (χ1v) is 3.02. The fraction of sp³-hybridized carbons (Fsp3) is 0.500. The van der Waals surface area contributed by atoms with Crippen molar-refractivity contribution < 1.29 is 0 Å². The number of aromatic nitrogens is 2. The first-order valence-electron chi connectivity index (χ1n) is 2.24. The highest BCUT2D eigenvalue weighted by Gasteiger charge is 1.94. The van der Waals surface area contributed by atoms with Crippen molar-refractivity contribution in [3.63, 3.8) is 0 Å². The van der Waals surface area contributed by atoms with E-state index in [1.807, 2.05) is 19.0 Å². The number of rotatable bonds is 1. The predicted molar refractivity (Wildman–Crippen MR) is 34.2 cm³/mol. The Hall–Kier alpha value is -0.640. The zero-order chi connectivity index (χ0) is 5.98. The molecule has 0 spiro atoms. The molecule has 0 aromatic carbocycles. The Kier molecular flexibility index (Phi) is 1.43. The predicted octanol–water partition coefficient (Wildman–Crippen LogP) is 0.604. The maximum Gasteiger partial charge on any atom is 0.204 e. The van der Waals surface area contributed by atoms with E-state index in [4.69, 9.17) is 0 Å². The van der Waals surface area contributed by atoms with E-state index < -0.39 is 0 Å². The monoisotopic (exact) mass is 129 g/mol. The van der Waals surface area contributed by atoms with Crippen LogP contribution in [0.1, 0.15) is 0 Å². The molecule has 0 aliphatic carbocycles. The summed E-state index contributed by atoms with van der Waals surface area (Å²) in [5.41, 5.74) is 0. The van der Waals surface area contributed by atoms with Crippen LogP contribution in [-0.4, -0.2) is 23.5 Å². The van der Waals surface area contributed by atoms with Gasteiger partial charge in [-0.2, -0.15) is 4.37 Å². The molecule has 0 N–H and O–H groups in total. The van der Waals surface area contributed by atoms with Crippen LogP contribution in [-0.2, 0) is 0 Å². The van der Waals surface area contributed by atoms with Gasteiger partial charge >= 0.3 is 0 Å². The highest BCUT2D eigenvalue weighted by atomic mass is 32.1. The van der Waals surface area contributed by atoms with Gasteiger partial charge in [-0.25, -0.2) is 4.98 Å². The minimum atomic E-state index is 0.949. The average molecular weight is 129 g/mol. The lowest BCUT2D eigenvalue weighted by Gasteiger charge is -2.03. The smallest absolute Gasteiger partial charge is 0.204 e. The van der Waals surface area contributed by atoms with Crippen LogP contribution in [0.4, 0.5) is 5.13 Å². The van der Waals surface area contributed by atoms with Gasteiger partial charge in [-0.3, -0.25) is 0 Å². The van der Waals surface area contributed by atoms with Crippen molar-refractivity contribution >= 4 is 16.7 Å². The Morgan fingerprint density at radius 1 is 1.62 bits per heavy atom. The van der Waals surface area contributed by atoms with Crippen molar-refractivity contribution in [2.45, 2.75) is 0 Å². The van der Waals surface area contributed by atoms with Crippen LogP contribution in [0.5, 0.6) is 0 Å². The van der Waals surface area contributed by atoms with Gasteiger partial charge in [-0.1, -0.05) is 0 Å². The molecular formula is C4H7N3S. The van der Waals surface area contributed by atoms with Crippen LogP contribution in [0.25, 0.3) is 0 Å². The molecule has 3 nitrogen and oxygen atoms in total. The second kappa shape index (κ2) is 2.09. The lowest BCUT2D eigenvalue weighted by molar-refractivity contribution is 1.10. The molecular weight excluding hydrogens is 122 g/mol. The summed E-state index contributed by atoms with van der Waals surface area (Å²) in [6, 6.07) is 0. The SMILES string of the molecule is CN(C)c1ncns1. The van der Waals surface area contributed by atoms with Crippen molar-refractivity contribution in [2.75, 3.05) is 19.0 Å². The van der Waals surface area contributed by atoms with Gasteiger partial charge in [0.25, 0.3) is 0 Å². The van der Waals surface area contributed by atoms with Gasteiger partial charge in [-0.05, 0) is 0 Å². The molecule has 8 heavy (non-hydrogen) atoms. The van der Waals surface area contributed by atoms with E-state index >= 15 is 0 Å². The lowest BCUT2D eigenvalue weighted by Crippen LogP contribution is -2.07. The van der Waals surface area contributed by atoms with Crippen molar-refractivity contribution in [3.05, 3.63) is 6.33 Å². The summed E-state index contributed by atoms with van der Waals surface area (Å²) in [5.74, 6) is 0. The van der Waals surface area contributed by atoms with Crippen LogP contribution in [0.2, 0.25) is 0 Å². The maximum atomic E-state index is 3.95. The van der Waals surface area contributed by atoms with Gasteiger partial charge in [0.2, 0.25) is 5.13 Å². The van der Waals surface area contributed by atoms with E-state index in [1.54, 1.807) is 6.33 Å². The zero-order valence-electron chi connectivity index (χ0n) is 4.83. The standard InChI is InChI=1S/C4H7N3S/c1-7(2)4-5-3-6-8-4/h3H,1-2H3. The molecule has 4 heteroatoms. The normalized spacial score (nSPS) is 9.25. The number of nitrogens with zero attached hydrogens (tertiary/aromatic N) is 3. The van der Waals surface area contributed by atoms with Crippen LogP contribution in [0, 0.1) is 0 Å². The van der Waals surface area contributed by atoms with Crippen LogP contribution in [0.3, 0.4) is 0 Å².